The molecule has 0 bridgehead atoms. The van der Waals surface area contributed by atoms with Gasteiger partial charge in [-0.2, -0.15) is 0 Å². The van der Waals surface area contributed by atoms with Gasteiger partial charge in [0.15, 0.2) is 0 Å². The molecule has 2 heterocycles. The number of hydrogen-bond acceptors (Lipinski definition) is 4. The van der Waals surface area contributed by atoms with Crippen LogP contribution in [0.2, 0.25) is 0 Å². The molecule has 0 atom stereocenters. The van der Waals surface area contributed by atoms with E-state index in [1.165, 1.54) is 5.56 Å². The van der Waals surface area contributed by atoms with Crippen LogP contribution in [-0.4, -0.2) is 10.1 Å². The van der Waals surface area contributed by atoms with Crippen molar-refractivity contribution in [2.75, 3.05) is 0 Å². The lowest BCUT2D eigenvalue weighted by Gasteiger charge is -2.04. The number of aryl methyl sites for hydroxylation is 1. The van der Waals surface area contributed by atoms with Gasteiger partial charge in [-0.15, -0.1) is 0 Å². The Bertz CT molecular complexity index is 412. The molecule has 2 rings (SSSR count). The number of nitrogens with one attached hydrogen (secondary N) is 1. The predicted molar refractivity (Wildman–Crippen MR) is 56.0 cm³/mol. The Morgan fingerprint density at radius 2 is 2.27 bits per heavy atom. The maximum absolute atomic E-state index is 4.74. The zero-order chi connectivity index (χ0) is 10.5. The average Bonchev–Trinajstić information content (AvgIpc) is 2.74. The first-order chi connectivity index (χ1) is 7.36. The minimum Gasteiger partial charge on any atom is -0.364 e. The number of nitrogens with zero attached hydrogens (tertiary/aromatic N) is 2. The first kappa shape index (κ1) is 9.86. The van der Waals surface area contributed by atoms with Gasteiger partial charge in [-0.05, 0) is 18.6 Å². The standard InChI is InChI=1S/C11H13N3O/c1-9-10(3-2-5-13-9)7-12-8-11-4-6-15-14-11/h2-6,12H,7-8H2,1H3. The van der Waals surface area contributed by atoms with E-state index in [0.29, 0.717) is 6.54 Å². The summed E-state index contributed by atoms with van der Waals surface area (Å²) in [4.78, 5) is 4.22. The highest BCUT2D eigenvalue weighted by Gasteiger charge is 1.99. The normalized spacial score (nSPS) is 10.5. The number of rotatable bonds is 4. The van der Waals surface area contributed by atoms with Gasteiger partial charge in [0.05, 0.1) is 5.69 Å². The Balaban J connectivity index is 1.86. The predicted octanol–water partition coefficient (Wildman–Crippen LogP) is 1.67. The van der Waals surface area contributed by atoms with Crippen LogP contribution in [0.4, 0.5) is 0 Å². The van der Waals surface area contributed by atoms with E-state index >= 15 is 0 Å². The molecular formula is C11H13N3O. The van der Waals surface area contributed by atoms with Crippen LogP contribution >= 0.6 is 0 Å². The molecule has 2 aromatic heterocycles. The SMILES string of the molecule is Cc1ncccc1CNCc1ccon1. The van der Waals surface area contributed by atoms with Crippen molar-refractivity contribution in [2.24, 2.45) is 0 Å². The number of aromatic nitrogens is 2. The third-order valence-electron chi connectivity index (χ3n) is 2.23. The molecule has 0 fully saturated rings. The van der Waals surface area contributed by atoms with Gasteiger partial charge in [-0.3, -0.25) is 4.98 Å². The molecule has 15 heavy (non-hydrogen) atoms. The van der Waals surface area contributed by atoms with Crippen molar-refractivity contribution in [2.45, 2.75) is 20.0 Å². The van der Waals surface area contributed by atoms with Crippen molar-refractivity contribution < 1.29 is 4.52 Å². The molecule has 0 aromatic carbocycles. The van der Waals surface area contributed by atoms with Gasteiger partial charge in [-0.1, -0.05) is 11.2 Å². The van der Waals surface area contributed by atoms with Crippen molar-refractivity contribution in [1.82, 2.24) is 15.5 Å². The molecule has 0 aliphatic carbocycles. The molecule has 0 spiro atoms. The Hall–Kier alpha value is -1.68. The van der Waals surface area contributed by atoms with E-state index in [1.54, 1.807) is 12.5 Å². The largest absolute Gasteiger partial charge is 0.364 e. The van der Waals surface area contributed by atoms with Crippen molar-refractivity contribution in [3.8, 4) is 0 Å². The highest BCUT2D eigenvalue weighted by atomic mass is 16.5. The van der Waals surface area contributed by atoms with Gasteiger partial charge in [-0.25, -0.2) is 0 Å². The fraction of sp³-hybridized carbons (Fsp3) is 0.273. The summed E-state index contributed by atoms with van der Waals surface area (Å²) in [6.07, 6.45) is 3.38. The molecule has 4 heteroatoms. The molecule has 0 amide bonds. The van der Waals surface area contributed by atoms with Crippen molar-refractivity contribution in [3.05, 3.63) is 47.6 Å². The van der Waals surface area contributed by atoms with Crippen LogP contribution in [0.25, 0.3) is 0 Å². The molecule has 0 saturated carbocycles. The molecule has 4 nitrogen and oxygen atoms in total. The summed E-state index contributed by atoms with van der Waals surface area (Å²) in [7, 11) is 0. The van der Waals surface area contributed by atoms with Crippen LogP contribution in [-0.2, 0) is 13.1 Å². The van der Waals surface area contributed by atoms with E-state index in [0.717, 1.165) is 17.9 Å². The summed E-state index contributed by atoms with van der Waals surface area (Å²) in [5.41, 5.74) is 3.18. The second-order valence-electron chi connectivity index (χ2n) is 3.34. The Morgan fingerprint density at radius 3 is 3.00 bits per heavy atom. The van der Waals surface area contributed by atoms with Crippen molar-refractivity contribution >= 4 is 0 Å². The topological polar surface area (TPSA) is 51.0 Å². The second kappa shape index (κ2) is 4.70. The summed E-state index contributed by atoms with van der Waals surface area (Å²) in [5.74, 6) is 0. The zero-order valence-corrected chi connectivity index (χ0v) is 8.60. The lowest BCUT2D eigenvalue weighted by molar-refractivity contribution is 0.408. The monoisotopic (exact) mass is 203 g/mol. The van der Waals surface area contributed by atoms with Gasteiger partial charge < -0.3 is 9.84 Å². The van der Waals surface area contributed by atoms with Crippen LogP contribution in [0.15, 0.2) is 35.2 Å². The lowest BCUT2D eigenvalue weighted by Crippen LogP contribution is -2.13. The zero-order valence-electron chi connectivity index (χ0n) is 8.60. The highest BCUT2D eigenvalue weighted by molar-refractivity contribution is 5.17. The number of pyridine rings is 1. The third kappa shape index (κ3) is 2.63. The Morgan fingerprint density at radius 1 is 1.33 bits per heavy atom. The Labute approximate surface area is 88.3 Å². The first-order valence-electron chi connectivity index (χ1n) is 4.87. The summed E-state index contributed by atoms with van der Waals surface area (Å²) in [6, 6.07) is 5.86. The summed E-state index contributed by atoms with van der Waals surface area (Å²) < 4.78 is 4.74. The molecule has 1 N–H and O–H groups in total. The van der Waals surface area contributed by atoms with Crippen molar-refractivity contribution in [3.63, 3.8) is 0 Å². The molecule has 0 unspecified atom stereocenters. The van der Waals surface area contributed by atoms with Gasteiger partial charge in [0.25, 0.3) is 0 Å². The van der Waals surface area contributed by atoms with E-state index in [-0.39, 0.29) is 0 Å². The molecule has 2 aromatic rings. The fourth-order valence-electron chi connectivity index (χ4n) is 1.36. The molecule has 0 aliphatic rings. The molecule has 78 valence electrons. The third-order valence-corrected chi connectivity index (χ3v) is 2.23. The van der Waals surface area contributed by atoms with E-state index in [4.69, 9.17) is 4.52 Å². The van der Waals surface area contributed by atoms with Gasteiger partial charge >= 0.3 is 0 Å². The smallest absolute Gasteiger partial charge is 0.124 e. The van der Waals surface area contributed by atoms with Crippen LogP contribution < -0.4 is 5.32 Å². The summed E-state index contributed by atoms with van der Waals surface area (Å²) >= 11 is 0. The Kier molecular flexibility index (Phi) is 3.09. The molecule has 0 aliphatic heterocycles. The maximum atomic E-state index is 4.74. The molecule has 0 radical (unpaired) electrons. The van der Waals surface area contributed by atoms with E-state index in [1.807, 2.05) is 19.1 Å². The first-order valence-corrected chi connectivity index (χ1v) is 4.87. The summed E-state index contributed by atoms with van der Waals surface area (Å²) in [5, 5.41) is 7.10. The van der Waals surface area contributed by atoms with Crippen LogP contribution in [0.3, 0.4) is 0 Å². The van der Waals surface area contributed by atoms with Gasteiger partial charge in [0.2, 0.25) is 0 Å². The van der Waals surface area contributed by atoms with E-state index < -0.39 is 0 Å². The van der Waals surface area contributed by atoms with Crippen LogP contribution in [0, 0.1) is 6.92 Å². The van der Waals surface area contributed by atoms with Crippen LogP contribution in [0.5, 0.6) is 0 Å². The van der Waals surface area contributed by atoms with Crippen molar-refractivity contribution in [1.29, 1.82) is 0 Å². The second-order valence-corrected chi connectivity index (χ2v) is 3.34. The molecule has 0 saturated heterocycles. The minimum atomic E-state index is 0.713. The highest BCUT2D eigenvalue weighted by Crippen LogP contribution is 2.03. The van der Waals surface area contributed by atoms with E-state index in [9.17, 15) is 0 Å². The maximum Gasteiger partial charge on any atom is 0.124 e. The van der Waals surface area contributed by atoms with Crippen LogP contribution in [0.1, 0.15) is 17.0 Å². The number of hydrogen-bond donors (Lipinski definition) is 1. The lowest BCUT2D eigenvalue weighted by atomic mass is 10.2. The average molecular weight is 203 g/mol. The fourth-order valence-corrected chi connectivity index (χ4v) is 1.36. The van der Waals surface area contributed by atoms with Gasteiger partial charge in [0.1, 0.15) is 6.26 Å². The quantitative estimate of drug-likeness (QED) is 0.821. The molecular weight excluding hydrogens is 190 g/mol. The van der Waals surface area contributed by atoms with E-state index in [2.05, 4.69) is 21.5 Å². The van der Waals surface area contributed by atoms with Gasteiger partial charge in [0, 0.05) is 31.0 Å². The summed E-state index contributed by atoms with van der Waals surface area (Å²) in [6.45, 7) is 3.52. The minimum absolute atomic E-state index is 0.713.